The van der Waals surface area contributed by atoms with Gasteiger partial charge < -0.3 is 9.84 Å². The lowest BCUT2D eigenvalue weighted by molar-refractivity contribution is -0.150. The summed E-state index contributed by atoms with van der Waals surface area (Å²) in [7, 11) is 0. The number of rotatable bonds is 1. The molecule has 0 aromatic heterocycles. The number of cyclic esters (lactones) is 1. The SMILES string of the molecule is C=C(C)C1(O)CCOC1=O. The maximum atomic E-state index is 10.8. The molecule has 10 heavy (non-hydrogen) atoms. The first-order valence-electron chi connectivity index (χ1n) is 3.13. The molecule has 1 atom stereocenters. The lowest BCUT2D eigenvalue weighted by Crippen LogP contribution is -2.34. The molecule has 0 saturated carbocycles. The number of hydrogen-bond acceptors (Lipinski definition) is 3. The third-order valence-corrected chi connectivity index (χ3v) is 1.74. The van der Waals surface area contributed by atoms with E-state index in [9.17, 15) is 9.90 Å². The van der Waals surface area contributed by atoms with Gasteiger partial charge in [0.2, 0.25) is 0 Å². The van der Waals surface area contributed by atoms with Crippen LogP contribution >= 0.6 is 0 Å². The molecule has 0 aliphatic carbocycles. The summed E-state index contributed by atoms with van der Waals surface area (Å²) in [4.78, 5) is 10.8. The molecule has 1 aliphatic heterocycles. The summed E-state index contributed by atoms with van der Waals surface area (Å²) in [5, 5.41) is 9.46. The van der Waals surface area contributed by atoms with E-state index in [1.165, 1.54) is 0 Å². The van der Waals surface area contributed by atoms with E-state index in [1.807, 2.05) is 0 Å². The van der Waals surface area contributed by atoms with E-state index >= 15 is 0 Å². The Balaban J connectivity index is 2.86. The van der Waals surface area contributed by atoms with Crippen molar-refractivity contribution in [3.8, 4) is 0 Å². The Morgan fingerprint density at radius 2 is 2.50 bits per heavy atom. The third kappa shape index (κ3) is 0.827. The molecule has 1 N–H and O–H groups in total. The summed E-state index contributed by atoms with van der Waals surface area (Å²) in [6.45, 7) is 5.42. The fourth-order valence-electron chi connectivity index (χ4n) is 0.901. The van der Waals surface area contributed by atoms with Crippen LogP contribution in [0.1, 0.15) is 13.3 Å². The van der Waals surface area contributed by atoms with Gasteiger partial charge >= 0.3 is 5.97 Å². The molecule has 0 aromatic rings. The van der Waals surface area contributed by atoms with Crippen LogP contribution in [0.25, 0.3) is 0 Å². The van der Waals surface area contributed by atoms with E-state index < -0.39 is 11.6 Å². The highest BCUT2D eigenvalue weighted by molar-refractivity contribution is 5.84. The zero-order valence-corrected chi connectivity index (χ0v) is 5.89. The van der Waals surface area contributed by atoms with Crippen LogP contribution in [0.15, 0.2) is 12.2 Å². The van der Waals surface area contributed by atoms with Crippen LogP contribution in [0.3, 0.4) is 0 Å². The van der Waals surface area contributed by atoms with Crippen molar-refractivity contribution in [2.75, 3.05) is 6.61 Å². The second-order valence-corrected chi connectivity index (χ2v) is 2.53. The Bertz CT molecular complexity index is 185. The molecule has 1 unspecified atom stereocenters. The highest BCUT2D eigenvalue weighted by Gasteiger charge is 2.43. The van der Waals surface area contributed by atoms with Gasteiger partial charge in [0, 0.05) is 6.42 Å². The number of carbonyl (C=O) groups excluding carboxylic acids is 1. The van der Waals surface area contributed by atoms with Crippen molar-refractivity contribution in [1.82, 2.24) is 0 Å². The fraction of sp³-hybridized carbons (Fsp3) is 0.571. The molecule has 1 heterocycles. The van der Waals surface area contributed by atoms with E-state index in [-0.39, 0.29) is 0 Å². The van der Waals surface area contributed by atoms with Gasteiger partial charge in [-0.1, -0.05) is 6.58 Å². The van der Waals surface area contributed by atoms with Crippen LogP contribution in [0.5, 0.6) is 0 Å². The van der Waals surface area contributed by atoms with E-state index in [0.717, 1.165) is 0 Å². The smallest absolute Gasteiger partial charge is 0.342 e. The zero-order chi connectivity index (χ0) is 7.78. The van der Waals surface area contributed by atoms with Crippen LogP contribution in [0, 0.1) is 0 Å². The monoisotopic (exact) mass is 142 g/mol. The normalized spacial score (nSPS) is 32.0. The van der Waals surface area contributed by atoms with Crippen molar-refractivity contribution >= 4 is 5.97 Å². The van der Waals surface area contributed by atoms with Crippen LogP contribution in [0.4, 0.5) is 0 Å². The maximum Gasteiger partial charge on any atom is 0.342 e. The van der Waals surface area contributed by atoms with Crippen LogP contribution in [-0.4, -0.2) is 23.3 Å². The molecule has 1 saturated heterocycles. The van der Waals surface area contributed by atoms with Crippen molar-refractivity contribution in [3.05, 3.63) is 12.2 Å². The maximum absolute atomic E-state index is 10.8. The van der Waals surface area contributed by atoms with Gasteiger partial charge in [-0.05, 0) is 12.5 Å². The molecular weight excluding hydrogens is 132 g/mol. The van der Waals surface area contributed by atoms with Gasteiger partial charge in [-0.3, -0.25) is 0 Å². The largest absolute Gasteiger partial charge is 0.463 e. The quantitative estimate of drug-likeness (QED) is 0.421. The number of hydrogen-bond donors (Lipinski definition) is 1. The van der Waals surface area contributed by atoms with E-state index in [4.69, 9.17) is 0 Å². The van der Waals surface area contributed by atoms with Crippen molar-refractivity contribution in [1.29, 1.82) is 0 Å². The Labute approximate surface area is 59.3 Å². The minimum atomic E-state index is -1.40. The lowest BCUT2D eigenvalue weighted by Gasteiger charge is -2.16. The highest BCUT2D eigenvalue weighted by atomic mass is 16.6. The molecule has 1 aliphatic rings. The number of ether oxygens (including phenoxy) is 1. The van der Waals surface area contributed by atoms with Crippen molar-refractivity contribution in [2.24, 2.45) is 0 Å². The molecule has 0 spiro atoms. The highest BCUT2D eigenvalue weighted by Crippen LogP contribution is 2.26. The fourth-order valence-corrected chi connectivity index (χ4v) is 0.901. The average Bonchev–Trinajstić information content (AvgIpc) is 2.15. The van der Waals surface area contributed by atoms with Crippen molar-refractivity contribution in [2.45, 2.75) is 18.9 Å². The standard InChI is InChI=1S/C7H10O3/c1-5(2)7(9)3-4-10-6(7)8/h9H,1,3-4H2,2H3. The minimum absolute atomic E-state index is 0.294. The number of carbonyl (C=O) groups is 1. The molecule has 0 radical (unpaired) electrons. The summed E-state index contributed by atoms with van der Waals surface area (Å²) in [5.74, 6) is -0.569. The topological polar surface area (TPSA) is 46.5 Å². The third-order valence-electron chi connectivity index (χ3n) is 1.74. The molecule has 0 aromatic carbocycles. The molecule has 3 heteroatoms. The van der Waals surface area contributed by atoms with E-state index in [1.54, 1.807) is 6.92 Å². The van der Waals surface area contributed by atoms with Crippen molar-refractivity contribution < 1.29 is 14.6 Å². The van der Waals surface area contributed by atoms with Crippen molar-refractivity contribution in [3.63, 3.8) is 0 Å². The molecule has 0 bridgehead atoms. The first-order chi connectivity index (χ1) is 4.57. The lowest BCUT2D eigenvalue weighted by atomic mass is 9.95. The summed E-state index contributed by atoms with van der Waals surface area (Å²) in [5.41, 5.74) is -0.949. The predicted octanol–water partition coefficient (Wildman–Crippen LogP) is 0.240. The van der Waals surface area contributed by atoms with Crippen LogP contribution in [0.2, 0.25) is 0 Å². The molecule has 3 nitrogen and oxygen atoms in total. The Morgan fingerprint density at radius 3 is 2.70 bits per heavy atom. The first kappa shape index (κ1) is 7.28. The second-order valence-electron chi connectivity index (χ2n) is 2.53. The predicted molar refractivity (Wildman–Crippen MR) is 35.3 cm³/mol. The number of esters is 1. The summed E-state index contributed by atoms with van der Waals surface area (Å²) >= 11 is 0. The van der Waals surface area contributed by atoms with Crippen LogP contribution < -0.4 is 0 Å². The van der Waals surface area contributed by atoms with E-state index in [0.29, 0.717) is 18.6 Å². The molecular formula is C7H10O3. The minimum Gasteiger partial charge on any atom is -0.463 e. The Kier molecular flexibility index (Phi) is 1.52. The molecule has 1 rings (SSSR count). The molecule has 56 valence electrons. The first-order valence-corrected chi connectivity index (χ1v) is 3.13. The van der Waals surface area contributed by atoms with Gasteiger partial charge in [0.25, 0.3) is 0 Å². The van der Waals surface area contributed by atoms with Gasteiger partial charge in [0.05, 0.1) is 6.61 Å². The number of aliphatic hydroxyl groups is 1. The average molecular weight is 142 g/mol. The van der Waals surface area contributed by atoms with Gasteiger partial charge in [-0.2, -0.15) is 0 Å². The van der Waals surface area contributed by atoms with Gasteiger partial charge in [0.15, 0.2) is 5.60 Å². The van der Waals surface area contributed by atoms with E-state index in [2.05, 4.69) is 11.3 Å². The van der Waals surface area contributed by atoms with Crippen LogP contribution in [-0.2, 0) is 9.53 Å². The summed E-state index contributed by atoms with van der Waals surface area (Å²) in [6.07, 6.45) is 0.334. The molecule has 1 fully saturated rings. The van der Waals surface area contributed by atoms with Gasteiger partial charge in [-0.25, -0.2) is 4.79 Å². The van der Waals surface area contributed by atoms with Gasteiger partial charge in [0.1, 0.15) is 0 Å². The summed E-state index contributed by atoms with van der Waals surface area (Å²) < 4.78 is 4.58. The molecule has 0 amide bonds. The Hall–Kier alpha value is -0.830. The second kappa shape index (κ2) is 2.09. The zero-order valence-electron chi connectivity index (χ0n) is 5.89. The summed E-state index contributed by atoms with van der Waals surface area (Å²) in [6, 6.07) is 0. The Morgan fingerprint density at radius 1 is 1.90 bits per heavy atom. The van der Waals surface area contributed by atoms with Gasteiger partial charge in [-0.15, -0.1) is 0 Å².